The van der Waals surface area contributed by atoms with Crippen molar-refractivity contribution >= 4 is 21.8 Å². The largest absolute Gasteiger partial charge is 0.369 e. The van der Waals surface area contributed by atoms with E-state index in [1.54, 1.807) is 6.07 Å². The highest BCUT2D eigenvalue weighted by Crippen LogP contribution is 2.17. The van der Waals surface area contributed by atoms with Gasteiger partial charge in [-0.1, -0.05) is 35.0 Å². The van der Waals surface area contributed by atoms with Crippen LogP contribution in [0.4, 0.5) is 0 Å². The molecule has 0 unspecified atom stereocenters. The maximum absolute atomic E-state index is 11.7. The lowest BCUT2D eigenvalue weighted by molar-refractivity contribution is -0.127. The van der Waals surface area contributed by atoms with Crippen molar-refractivity contribution in [1.29, 1.82) is 5.26 Å². The maximum Gasteiger partial charge on any atom is 0.247 e. The van der Waals surface area contributed by atoms with Crippen molar-refractivity contribution in [3.8, 4) is 6.07 Å². The predicted octanol–water partition coefficient (Wildman–Crippen LogP) is 2.95. The van der Waals surface area contributed by atoms with Crippen molar-refractivity contribution in [1.82, 2.24) is 5.32 Å². The third-order valence-corrected chi connectivity index (χ3v) is 3.18. The van der Waals surface area contributed by atoms with E-state index < -0.39 is 6.04 Å². The van der Waals surface area contributed by atoms with E-state index in [9.17, 15) is 4.79 Å². The smallest absolute Gasteiger partial charge is 0.247 e. The van der Waals surface area contributed by atoms with Gasteiger partial charge in [-0.05, 0) is 31.0 Å². The zero-order valence-electron chi connectivity index (χ0n) is 11.0. The number of nitriles is 1. The fourth-order valence-electron chi connectivity index (χ4n) is 1.41. The molecule has 0 saturated heterocycles. The molecule has 2 atom stereocenters. The van der Waals surface area contributed by atoms with E-state index >= 15 is 0 Å². The molecule has 0 heterocycles. The molecule has 0 aliphatic carbocycles. The topological polar surface area (TPSA) is 62.1 Å². The first kappa shape index (κ1) is 15.7. The Balaban J connectivity index is 2.58. The number of nitrogens with one attached hydrogen (secondary N) is 1. The summed E-state index contributed by atoms with van der Waals surface area (Å²) in [4.78, 5) is 11.7. The summed E-state index contributed by atoms with van der Waals surface area (Å²) in [5, 5.41) is 11.8. The predicted molar refractivity (Wildman–Crippen MR) is 76.3 cm³/mol. The quantitative estimate of drug-likeness (QED) is 0.875. The van der Waals surface area contributed by atoms with Gasteiger partial charge in [-0.15, -0.1) is 0 Å². The first-order valence-electron chi connectivity index (χ1n) is 6.12. The van der Waals surface area contributed by atoms with E-state index in [1.165, 1.54) is 0 Å². The minimum Gasteiger partial charge on any atom is -0.369 e. The fourth-order valence-corrected chi connectivity index (χ4v) is 1.83. The minimum absolute atomic E-state index is 0.0266. The highest BCUT2D eigenvalue weighted by Gasteiger charge is 2.14. The van der Waals surface area contributed by atoms with E-state index in [0.29, 0.717) is 0 Å². The van der Waals surface area contributed by atoms with Crippen molar-refractivity contribution in [3.63, 3.8) is 0 Å². The first-order valence-corrected chi connectivity index (χ1v) is 6.92. The molecule has 0 aliphatic heterocycles. The fraction of sp³-hybridized carbons (Fsp3) is 0.429. The average Bonchev–Trinajstić information content (AvgIpc) is 2.42. The van der Waals surface area contributed by atoms with Crippen LogP contribution in [-0.4, -0.2) is 18.6 Å². The van der Waals surface area contributed by atoms with Gasteiger partial charge in [0.1, 0.15) is 12.6 Å². The zero-order valence-corrected chi connectivity index (χ0v) is 12.6. The summed E-state index contributed by atoms with van der Waals surface area (Å²) in [5.74, 6) is -0.285. The molecular formula is C14H17BrN2O2. The Morgan fingerprint density at radius 2 is 2.32 bits per heavy atom. The normalized spacial score (nSPS) is 13.4. The number of rotatable bonds is 6. The van der Waals surface area contributed by atoms with Crippen LogP contribution in [0.2, 0.25) is 0 Å². The van der Waals surface area contributed by atoms with Gasteiger partial charge in [-0.25, -0.2) is 0 Å². The Hall–Kier alpha value is -1.38. The molecule has 0 aliphatic rings. The molecule has 0 radical (unpaired) electrons. The summed E-state index contributed by atoms with van der Waals surface area (Å²) in [6.45, 7) is 3.87. The molecule has 0 spiro atoms. The molecule has 4 nitrogen and oxygen atoms in total. The van der Waals surface area contributed by atoms with E-state index in [1.807, 2.05) is 32.0 Å². The van der Waals surface area contributed by atoms with Crippen LogP contribution in [-0.2, 0) is 9.53 Å². The molecule has 102 valence electrons. The summed E-state index contributed by atoms with van der Waals surface area (Å²) in [6.07, 6.45) is 0.887. The SMILES string of the molecule is CC[C@H](C)OCC(=O)N[C@H](C#N)c1cccc(Br)c1. The molecule has 1 rings (SSSR count). The summed E-state index contributed by atoms with van der Waals surface area (Å²) in [7, 11) is 0. The standard InChI is InChI=1S/C14H17BrN2O2/c1-3-10(2)19-9-14(18)17-13(8-16)11-5-4-6-12(15)7-11/h4-7,10,13H,3,9H2,1-2H3,(H,17,18)/t10-,13+/m0/s1. The van der Waals surface area contributed by atoms with E-state index in [4.69, 9.17) is 10.00 Å². The van der Waals surface area contributed by atoms with Gasteiger partial charge in [-0.3, -0.25) is 4.79 Å². The number of ether oxygens (including phenoxy) is 1. The molecular weight excluding hydrogens is 308 g/mol. The van der Waals surface area contributed by atoms with Gasteiger partial charge in [0, 0.05) is 4.47 Å². The third kappa shape index (κ3) is 5.41. The first-order chi connectivity index (χ1) is 9.06. The second kappa shape index (κ2) is 7.93. The molecule has 1 amide bonds. The molecule has 0 saturated carbocycles. The number of hydrogen-bond acceptors (Lipinski definition) is 3. The van der Waals surface area contributed by atoms with Crippen LogP contribution in [0, 0.1) is 11.3 Å². The lowest BCUT2D eigenvalue weighted by atomic mass is 10.1. The van der Waals surface area contributed by atoms with Crippen LogP contribution in [0.15, 0.2) is 28.7 Å². The van der Waals surface area contributed by atoms with Crippen molar-refractivity contribution < 1.29 is 9.53 Å². The number of nitrogens with zero attached hydrogens (tertiary/aromatic N) is 1. The summed E-state index contributed by atoms with van der Waals surface area (Å²) in [6, 6.07) is 8.71. The molecule has 5 heteroatoms. The van der Waals surface area contributed by atoms with Crippen molar-refractivity contribution in [2.75, 3.05) is 6.61 Å². The highest BCUT2D eigenvalue weighted by molar-refractivity contribution is 9.10. The number of amides is 1. The number of carbonyl (C=O) groups excluding carboxylic acids is 1. The zero-order chi connectivity index (χ0) is 14.3. The Labute approximate surface area is 121 Å². The van der Waals surface area contributed by atoms with Crippen LogP contribution >= 0.6 is 15.9 Å². The van der Waals surface area contributed by atoms with Crippen molar-refractivity contribution in [2.24, 2.45) is 0 Å². The van der Waals surface area contributed by atoms with Crippen LogP contribution < -0.4 is 5.32 Å². The van der Waals surface area contributed by atoms with E-state index in [-0.39, 0.29) is 18.6 Å². The minimum atomic E-state index is -0.662. The Kier molecular flexibility index (Phi) is 6.54. The van der Waals surface area contributed by atoms with Gasteiger partial charge in [-0.2, -0.15) is 5.26 Å². The number of carbonyl (C=O) groups is 1. The van der Waals surface area contributed by atoms with Crippen LogP contribution in [0.5, 0.6) is 0 Å². The monoisotopic (exact) mass is 324 g/mol. The van der Waals surface area contributed by atoms with Gasteiger partial charge in [0.15, 0.2) is 0 Å². The molecule has 1 aromatic carbocycles. The van der Waals surface area contributed by atoms with Gasteiger partial charge in [0.05, 0.1) is 12.2 Å². The molecule has 0 fully saturated rings. The third-order valence-electron chi connectivity index (χ3n) is 2.69. The summed E-state index contributed by atoms with van der Waals surface area (Å²) < 4.78 is 6.20. The maximum atomic E-state index is 11.7. The van der Waals surface area contributed by atoms with Crippen LogP contribution in [0.1, 0.15) is 31.9 Å². The Bertz CT molecular complexity index is 471. The molecule has 1 aromatic rings. The summed E-state index contributed by atoms with van der Waals surface area (Å²) in [5.41, 5.74) is 0.744. The van der Waals surface area contributed by atoms with E-state index in [0.717, 1.165) is 16.5 Å². The Morgan fingerprint density at radius 1 is 1.58 bits per heavy atom. The van der Waals surface area contributed by atoms with Gasteiger partial charge in [0.25, 0.3) is 0 Å². The molecule has 19 heavy (non-hydrogen) atoms. The van der Waals surface area contributed by atoms with Gasteiger partial charge >= 0.3 is 0 Å². The number of hydrogen-bond donors (Lipinski definition) is 1. The van der Waals surface area contributed by atoms with E-state index in [2.05, 4.69) is 27.3 Å². The lowest BCUT2D eigenvalue weighted by Gasteiger charge is -2.14. The number of halogens is 1. The van der Waals surface area contributed by atoms with Crippen LogP contribution in [0.25, 0.3) is 0 Å². The van der Waals surface area contributed by atoms with Gasteiger partial charge < -0.3 is 10.1 Å². The van der Waals surface area contributed by atoms with Crippen molar-refractivity contribution in [2.45, 2.75) is 32.4 Å². The van der Waals surface area contributed by atoms with Crippen LogP contribution in [0.3, 0.4) is 0 Å². The Morgan fingerprint density at radius 3 is 2.89 bits per heavy atom. The molecule has 0 bridgehead atoms. The highest BCUT2D eigenvalue weighted by atomic mass is 79.9. The second-order valence-electron chi connectivity index (χ2n) is 4.21. The number of benzene rings is 1. The molecule has 0 aromatic heterocycles. The average molecular weight is 325 g/mol. The van der Waals surface area contributed by atoms with Gasteiger partial charge in [0.2, 0.25) is 5.91 Å². The lowest BCUT2D eigenvalue weighted by Crippen LogP contribution is -2.32. The second-order valence-corrected chi connectivity index (χ2v) is 5.13. The summed E-state index contributed by atoms with van der Waals surface area (Å²) >= 11 is 3.34. The van der Waals surface area contributed by atoms with Crippen molar-refractivity contribution in [3.05, 3.63) is 34.3 Å². The molecule has 1 N–H and O–H groups in total.